The van der Waals surface area contributed by atoms with Gasteiger partial charge in [0, 0.05) is 25.2 Å². The van der Waals surface area contributed by atoms with E-state index in [4.69, 9.17) is 5.11 Å². The summed E-state index contributed by atoms with van der Waals surface area (Å²) < 4.78 is 0. The number of carboxylic acids is 1. The van der Waals surface area contributed by atoms with Crippen LogP contribution in [0.2, 0.25) is 0 Å². The van der Waals surface area contributed by atoms with Gasteiger partial charge in [0.15, 0.2) is 0 Å². The Morgan fingerprint density at radius 1 is 1.44 bits per heavy atom. The van der Waals surface area contributed by atoms with Crippen molar-refractivity contribution in [3.05, 3.63) is 11.6 Å². The highest BCUT2D eigenvalue weighted by Gasteiger charge is 2.28. The Balaban J connectivity index is 2.61. The van der Waals surface area contributed by atoms with Gasteiger partial charge in [0.1, 0.15) is 0 Å². The molecule has 3 nitrogen and oxygen atoms in total. The molecule has 92 valence electrons. The number of rotatable bonds is 3. The Labute approximate surface area is 98.1 Å². The molecule has 1 saturated heterocycles. The normalized spacial score (nSPS) is 32.8. The molecule has 1 aliphatic heterocycles. The van der Waals surface area contributed by atoms with Gasteiger partial charge in [-0.1, -0.05) is 19.4 Å². The number of carbonyl (C=O) groups is 1. The van der Waals surface area contributed by atoms with Gasteiger partial charge in [0.05, 0.1) is 0 Å². The Morgan fingerprint density at radius 2 is 2.06 bits per heavy atom. The van der Waals surface area contributed by atoms with Gasteiger partial charge in [-0.05, 0) is 32.1 Å². The van der Waals surface area contributed by atoms with E-state index in [1.807, 2.05) is 6.92 Å². The number of carboxylic acid groups (broad SMARTS) is 1. The maximum Gasteiger partial charge on any atom is 0.328 e. The lowest BCUT2D eigenvalue weighted by Gasteiger charge is -2.41. The second-order valence-electron chi connectivity index (χ2n) is 5.32. The quantitative estimate of drug-likeness (QED) is 0.750. The van der Waals surface area contributed by atoms with Crippen LogP contribution in [0.25, 0.3) is 0 Å². The summed E-state index contributed by atoms with van der Waals surface area (Å²) in [4.78, 5) is 13.0. The first kappa shape index (κ1) is 13.2. The van der Waals surface area contributed by atoms with Crippen LogP contribution in [0.15, 0.2) is 11.6 Å². The molecule has 3 unspecified atom stereocenters. The van der Waals surface area contributed by atoms with Gasteiger partial charge in [-0.25, -0.2) is 4.79 Å². The van der Waals surface area contributed by atoms with Gasteiger partial charge in [-0.3, -0.25) is 4.90 Å². The van der Waals surface area contributed by atoms with Crippen molar-refractivity contribution in [2.24, 2.45) is 11.8 Å². The van der Waals surface area contributed by atoms with Crippen LogP contribution in [0.3, 0.4) is 0 Å². The highest BCUT2D eigenvalue weighted by atomic mass is 16.4. The summed E-state index contributed by atoms with van der Waals surface area (Å²) in [6.45, 7) is 10.5. The topological polar surface area (TPSA) is 40.5 Å². The molecule has 0 radical (unpaired) electrons. The Hall–Kier alpha value is -0.830. The predicted octanol–water partition coefficient (Wildman–Crippen LogP) is 2.38. The minimum absolute atomic E-state index is 0.549. The van der Waals surface area contributed by atoms with E-state index in [0.717, 1.165) is 18.7 Å². The fourth-order valence-electron chi connectivity index (χ4n) is 2.62. The number of piperidine rings is 1. The monoisotopic (exact) mass is 225 g/mol. The van der Waals surface area contributed by atoms with Crippen molar-refractivity contribution in [3.8, 4) is 0 Å². The molecule has 0 bridgehead atoms. The van der Waals surface area contributed by atoms with Crippen LogP contribution in [0.5, 0.6) is 0 Å². The summed E-state index contributed by atoms with van der Waals surface area (Å²) in [5.41, 5.74) is 0.931. The van der Waals surface area contributed by atoms with Crippen molar-refractivity contribution in [1.29, 1.82) is 0 Å². The first-order chi connectivity index (χ1) is 7.40. The molecule has 1 rings (SSSR count). The van der Waals surface area contributed by atoms with E-state index in [2.05, 4.69) is 25.7 Å². The lowest BCUT2D eigenvalue weighted by atomic mass is 9.86. The third kappa shape index (κ3) is 3.63. The van der Waals surface area contributed by atoms with E-state index < -0.39 is 5.97 Å². The average molecular weight is 225 g/mol. The van der Waals surface area contributed by atoms with E-state index in [1.165, 1.54) is 12.5 Å². The smallest absolute Gasteiger partial charge is 0.328 e. The average Bonchev–Trinajstić information content (AvgIpc) is 2.11. The molecule has 3 atom stereocenters. The van der Waals surface area contributed by atoms with Crippen molar-refractivity contribution in [3.63, 3.8) is 0 Å². The SMILES string of the molecule is CC(=CC(=O)O)CN1CC(C)CC(C)C1C. The zero-order valence-electron chi connectivity index (χ0n) is 10.7. The van der Waals surface area contributed by atoms with Gasteiger partial charge < -0.3 is 5.11 Å². The van der Waals surface area contributed by atoms with Crippen molar-refractivity contribution >= 4 is 5.97 Å². The largest absolute Gasteiger partial charge is 0.478 e. The number of aliphatic carboxylic acids is 1. The Kier molecular flexibility index (Phi) is 4.54. The van der Waals surface area contributed by atoms with Crippen molar-refractivity contribution in [2.75, 3.05) is 13.1 Å². The zero-order valence-corrected chi connectivity index (χ0v) is 10.7. The molecule has 1 aliphatic rings. The molecular weight excluding hydrogens is 202 g/mol. The molecule has 0 saturated carbocycles. The standard InChI is InChI=1S/C13H23NO2/c1-9-5-11(3)12(4)14(7-9)8-10(2)6-13(15)16/h6,9,11-12H,5,7-8H2,1-4H3,(H,15,16). The van der Waals surface area contributed by atoms with Gasteiger partial charge in [0.25, 0.3) is 0 Å². The van der Waals surface area contributed by atoms with E-state index in [0.29, 0.717) is 17.9 Å². The van der Waals surface area contributed by atoms with E-state index in [9.17, 15) is 4.79 Å². The van der Waals surface area contributed by atoms with Crippen LogP contribution in [-0.4, -0.2) is 35.1 Å². The van der Waals surface area contributed by atoms with Gasteiger partial charge in [-0.15, -0.1) is 0 Å². The highest BCUT2D eigenvalue weighted by molar-refractivity contribution is 5.80. The van der Waals surface area contributed by atoms with Crippen molar-refractivity contribution < 1.29 is 9.90 Å². The molecule has 0 aromatic heterocycles. The molecule has 0 aliphatic carbocycles. The predicted molar refractivity (Wildman–Crippen MR) is 65.4 cm³/mol. The summed E-state index contributed by atoms with van der Waals surface area (Å²) in [6.07, 6.45) is 2.59. The second kappa shape index (κ2) is 5.48. The molecule has 1 heterocycles. The van der Waals surface area contributed by atoms with Crippen LogP contribution in [-0.2, 0) is 4.79 Å². The summed E-state index contributed by atoms with van der Waals surface area (Å²) >= 11 is 0. The molecule has 1 N–H and O–H groups in total. The first-order valence-corrected chi connectivity index (χ1v) is 6.04. The molecule has 0 amide bonds. The van der Waals surface area contributed by atoms with Gasteiger partial charge in [-0.2, -0.15) is 0 Å². The maximum atomic E-state index is 10.6. The lowest BCUT2D eigenvalue weighted by Crippen LogP contribution is -2.46. The summed E-state index contributed by atoms with van der Waals surface area (Å²) in [6, 6.07) is 0.549. The van der Waals surface area contributed by atoms with Crippen LogP contribution in [0.1, 0.15) is 34.1 Å². The maximum absolute atomic E-state index is 10.6. The summed E-state index contributed by atoms with van der Waals surface area (Å²) in [7, 11) is 0. The lowest BCUT2D eigenvalue weighted by molar-refractivity contribution is -0.131. The second-order valence-corrected chi connectivity index (χ2v) is 5.32. The Bertz CT molecular complexity index is 286. The van der Waals surface area contributed by atoms with E-state index in [1.54, 1.807) is 0 Å². The van der Waals surface area contributed by atoms with Gasteiger partial charge in [0.2, 0.25) is 0 Å². The van der Waals surface area contributed by atoms with E-state index >= 15 is 0 Å². The molecular formula is C13H23NO2. The molecule has 0 aromatic rings. The molecule has 0 aromatic carbocycles. The van der Waals surface area contributed by atoms with Gasteiger partial charge >= 0.3 is 5.97 Å². The van der Waals surface area contributed by atoms with Crippen molar-refractivity contribution in [2.45, 2.75) is 40.2 Å². The molecule has 0 spiro atoms. The number of hydrogen-bond acceptors (Lipinski definition) is 2. The highest BCUT2D eigenvalue weighted by Crippen LogP contribution is 2.27. The fourth-order valence-corrected chi connectivity index (χ4v) is 2.62. The minimum atomic E-state index is -0.844. The zero-order chi connectivity index (χ0) is 12.3. The van der Waals surface area contributed by atoms with Crippen LogP contribution in [0, 0.1) is 11.8 Å². The van der Waals surface area contributed by atoms with Crippen LogP contribution < -0.4 is 0 Å². The first-order valence-electron chi connectivity index (χ1n) is 6.04. The minimum Gasteiger partial charge on any atom is -0.478 e. The van der Waals surface area contributed by atoms with Crippen LogP contribution >= 0.6 is 0 Å². The third-order valence-electron chi connectivity index (χ3n) is 3.54. The number of hydrogen-bond donors (Lipinski definition) is 1. The fraction of sp³-hybridized carbons (Fsp3) is 0.769. The Morgan fingerprint density at radius 3 is 2.62 bits per heavy atom. The molecule has 16 heavy (non-hydrogen) atoms. The van der Waals surface area contributed by atoms with E-state index in [-0.39, 0.29) is 0 Å². The van der Waals surface area contributed by atoms with Crippen molar-refractivity contribution in [1.82, 2.24) is 4.90 Å². The number of nitrogens with zero attached hydrogens (tertiary/aromatic N) is 1. The summed E-state index contributed by atoms with van der Waals surface area (Å²) in [5.74, 6) is 0.563. The molecule has 3 heteroatoms. The third-order valence-corrected chi connectivity index (χ3v) is 3.54. The molecule has 1 fully saturated rings. The number of likely N-dealkylation sites (tertiary alicyclic amines) is 1. The van der Waals surface area contributed by atoms with Crippen LogP contribution in [0.4, 0.5) is 0 Å². The summed E-state index contributed by atoms with van der Waals surface area (Å²) in [5, 5.41) is 8.69.